The number of rotatable bonds is 1. The molecule has 2 aromatic heterocycles. The van der Waals surface area contributed by atoms with Gasteiger partial charge < -0.3 is 0 Å². The molecule has 0 saturated heterocycles. The van der Waals surface area contributed by atoms with Gasteiger partial charge in [-0.05, 0) is 34.7 Å². The number of fused-ring (bicyclic) bond motifs is 3. The van der Waals surface area contributed by atoms with Gasteiger partial charge in [-0.15, -0.1) is 15.8 Å². The van der Waals surface area contributed by atoms with Crippen LogP contribution in [0.4, 0.5) is 0 Å². The van der Waals surface area contributed by atoms with Crippen molar-refractivity contribution in [1.29, 1.82) is 0 Å². The van der Waals surface area contributed by atoms with E-state index in [1.54, 1.807) is 11.3 Å². The molecule has 17 heavy (non-hydrogen) atoms. The minimum absolute atomic E-state index is 0.957. The highest BCUT2D eigenvalue weighted by molar-refractivity contribution is 7.70. The number of para-hydroxylation sites is 2. The Bertz CT molecular complexity index is 777. The van der Waals surface area contributed by atoms with E-state index in [2.05, 4.69) is 27.0 Å². The molecule has 0 saturated carbocycles. The summed E-state index contributed by atoms with van der Waals surface area (Å²) in [5, 5.41) is 2.08. The smallest absolute Gasteiger partial charge is 0.176 e. The van der Waals surface area contributed by atoms with Crippen molar-refractivity contribution in [2.75, 3.05) is 0 Å². The van der Waals surface area contributed by atoms with Crippen LogP contribution >= 0.6 is 11.3 Å². The Balaban J connectivity index is 2.00. The number of benzene rings is 1. The van der Waals surface area contributed by atoms with Crippen LogP contribution in [-0.4, -0.2) is 14.5 Å². The minimum Gasteiger partial charge on any atom is -0.225 e. The molecule has 1 aromatic carbocycles. The first-order chi connectivity index (χ1) is 8.43. The average Bonchev–Trinajstić information content (AvgIpc) is 3.04. The van der Waals surface area contributed by atoms with E-state index in [-0.39, 0.29) is 0 Å². The van der Waals surface area contributed by atoms with Crippen molar-refractivity contribution >= 4 is 38.4 Å². The first-order valence-corrected chi connectivity index (χ1v) is 6.86. The Morgan fingerprint density at radius 1 is 1.06 bits per heavy atom. The van der Waals surface area contributed by atoms with E-state index in [4.69, 9.17) is 0 Å². The standard InChI is InChI=1S/C12H7N3S2/c1-2-5-9-8(4-1)13-12-11(17-14-15(9)12)10-6-3-7-16-10/h1-7H. The lowest BCUT2D eigenvalue weighted by molar-refractivity contribution is 0.925. The van der Waals surface area contributed by atoms with Crippen molar-refractivity contribution in [2.24, 2.45) is 4.47 Å². The molecular formula is C12H7N3S2. The van der Waals surface area contributed by atoms with Crippen LogP contribution in [0.2, 0.25) is 0 Å². The van der Waals surface area contributed by atoms with Gasteiger partial charge in [-0.25, -0.2) is 9.66 Å². The van der Waals surface area contributed by atoms with Crippen molar-refractivity contribution in [2.45, 2.75) is 0 Å². The zero-order valence-corrected chi connectivity index (χ0v) is 10.3. The van der Waals surface area contributed by atoms with E-state index < -0.39 is 0 Å². The Morgan fingerprint density at radius 3 is 2.88 bits per heavy atom. The molecule has 0 bridgehead atoms. The topological polar surface area (TPSA) is 30.2 Å². The highest BCUT2D eigenvalue weighted by atomic mass is 32.1. The van der Waals surface area contributed by atoms with Gasteiger partial charge in [-0.1, -0.05) is 18.2 Å². The van der Waals surface area contributed by atoms with Crippen molar-refractivity contribution in [1.82, 2.24) is 9.66 Å². The molecule has 0 N–H and O–H groups in total. The van der Waals surface area contributed by atoms with Crippen LogP contribution in [0.5, 0.6) is 0 Å². The summed E-state index contributed by atoms with van der Waals surface area (Å²) in [7, 11) is 0. The maximum atomic E-state index is 4.65. The molecule has 3 heterocycles. The molecule has 3 nitrogen and oxygen atoms in total. The van der Waals surface area contributed by atoms with Crippen LogP contribution in [0.15, 0.2) is 46.2 Å². The van der Waals surface area contributed by atoms with Gasteiger partial charge in [-0.3, -0.25) is 0 Å². The Kier molecular flexibility index (Phi) is 1.86. The number of nitrogens with zero attached hydrogens (tertiary/aromatic N) is 3. The molecule has 0 unspecified atom stereocenters. The van der Waals surface area contributed by atoms with Crippen LogP contribution in [-0.2, 0) is 11.1 Å². The number of thiophene rings is 1. The van der Waals surface area contributed by atoms with Crippen LogP contribution in [0.3, 0.4) is 0 Å². The average molecular weight is 257 g/mol. The van der Waals surface area contributed by atoms with E-state index >= 15 is 0 Å². The largest absolute Gasteiger partial charge is 0.225 e. The molecule has 0 atom stereocenters. The third kappa shape index (κ3) is 1.26. The molecular weight excluding hydrogens is 250 g/mol. The number of hydrogen-bond acceptors (Lipinski definition) is 3. The lowest BCUT2D eigenvalue weighted by Crippen LogP contribution is -2.02. The number of hydrogen-bond donors (Lipinski definition) is 0. The molecule has 1 aliphatic heterocycles. The fourth-order valence-electron chi connectivity index (χ4n) is 1.93. The summed E-state index contributed by atoms with van der Waals surface area (Å²) >= 11 is 3.23. The third-order valence-corrected chi connectivity index (χ3v) is 4.55. The molecule has 0 fully saturated rings. The second-order valence-corrected chi connectivity index (χ2v) is 5.42. The summed E-state index contributed by atoms with van der Waals surface area (Å²) in [5.74, 6) is 0.957. The highest BCUT2D eigenvalue weighted by Crippen LogP contribution is 2.22. The molecule has 0 amide bonds. The van der Waals surface area contributed by atoms with Crippen LogP contribution < -0.4 is 0 Å². The van der Waals surface area contributed by atoms with Gasteiger partial charge in [0, 0.05) is 4.88 Å². The van der Waals surface area contributed by atoms with E-state index in [1.807, 2.05) is 28.9 Å². The predicted molar refractivity (Wildman–Crippen MR) is 72.5 cm³/mol. The van der Waals surface area contributed by atoms with Gasteiger partial charge in [0.2, 0.25) is 0 Å². The van der Waals surface area contributed by atoms with Gasteiger partial charge in [0.1, 0.15) is 4.86 Å². The molecule has 0 spiro atoms. The summed E-state index contributed by atoms with van der Waals surface area (Å²) in [4.78, 5) is 7.03. The predicted octanol–water partition coefficient (Wildman–Crippen LogP) is 2.71. The molecule has 82 valence electrons. The lowest BCUT2D eigenvalue weighted by atomic mass is 10.3. The second kappa shape index (κ2) is 3.38. The zero-order chi connectivity index (χ0) is 11.2. The van der Waals surface area contributed by atoms with Gasteiger partial charge in [0.25, 0.3) is 0 Å². The van der Waals surface area contributed by atoms with E-state index in [0.717, 1.165) is 21.7 Å². The van der Waals surface area contributed by atoms with Crippen molar-refractivity contribution < 1.29 is 0 Å². The lowest BCUT2D eigenvalue weighted by Gasteiger charge is -1.94. The monoisotopic (exact) mass is 257 g/mol. The number of imidazole rings is 1. The van der Waals surface area contributed by atoms with Crippen molar-refractivity contribution in [3.8, 4) is 0 Å². The summed E-state index contributed by atoms with van der Waals surface area (Å²) in [6.07, 6.45) is 0. The maximum absolute atomic E-state index is 4.65. The molecule has 3 aromatic rings. The second-order valence-electron chi connectivity index (χ2n) is 3.72. The van der Waals surface area contributed by atoms with Gasteiger partial charge in [-0.2, -0.15) is 0 Å². The van der Waals surface area contributed by atoms with E-state index in [0.29, 0.717) is 0 Å². The Morgan fingerprint density at radius 2 is 2.00 bits per heavy atom. The maximum Gasteiger partial charge on any atom is 0.176 e. The van der Waals surface area contributed by atoms with Crippen molar-refractivity contribution in [3.63, 3.8) is 0 Å². The molecule has 0 radical (unpaired) electrons. The molecule has 5 heteroatoms. The first-order valence-electron chi connectivity index (χ1n) is 5.20. The fourth-order valence-corrected chi connectivity index (χ4v) is 3.54. The normalized spacial score (nSPS) is 13.5. The molecule has 4 rings (SSSR count). The SMILES string of the molecule is c1csc(C2=S=Nn3c2nc2ccccc23)c1. The Hall–Kier alpha value is -1.72. The summed E-state index contributed by atoms with van der Waals surface area (Å²) < 4.78 is 6.39. The highest BCUT2D eigenvalue weighted by Gasteiger charge is 2.20. The molecule has 0 aliphatic carbocycles. The third-order valence-electron chi connectivity index (χ3n) is 2.70. The summed E-state index contributed by atoms with van der Waals surface area (Å²) in [6.45, 7) is 0. The fraction of sp³-hybridized carbons (Fsp3) is 0. The first kappa shape index (κ1) is 9.32. The minimum atomic E-state index is 0.957. The molecule has 1 aliphatic rings. The Labute approximate surface area is 105 Å². The van der Waals surface area contributed by atoms with Gasteiger partial charge in [0.15, 0.2) is 5.82 Å². The van der Waals surface area contributed by atoms with Crippen LogP contribution in [0.1, 0.15) is 10.7 Å². The van der Waals surface area contributed by atoms with Crippen LogP contribution in [0, 0.1) is 0 Å². The number of aromatic nitrogens is 2. The zero-order valence-electron chi connectivity index (χ0n) is 8.70. The van der Waals surface area contributed by atoms with E-state index in [9.17, 15) is 0 Å². The summed E-state index contributed by atoms with van der Waals surface area (Å²) in [5.41, 5.74) is 2.07. The van der Waals surface area contributed by atoms with Gasteiger partial charge >= 0.3 is 0 Å². The van der Waals surface area contributed by atoms with Gasteiger partial charge in [0.05, 0.1) is 11.0 Å². The summed E-state index contributed by atoms with van der Waals surface area (Å²) in [6, 6.07) is 12.3. The van der Waals surface area contributed by atoms with E-state index in [1.165, 1.54) is 16.0 Å². The van der Waals surface area contributed by atoms with Crippen LogP contribution in [0.25, 0.3) is 11.0 Å². The van der Waals surface area contributed by atoms with Crippen molar-refractivity contribution in [3.05, 3.63) is 52.5 Å². The quantitative estimate of drug-likeness (QED) is 0.482.